The number of benzene rings is 1. The quantitative estimate of drug-likeness (QED) is 0.648. The van der Waals surface area contributed by atoms with Crippen LogP contribution in [0.3, 0.4) is 0 Å². The molecule has 3 nitrogen and oxygen atoms in total. The van der Waals surface area contributed by atoms with Crippen molar-refractivity contribution in [2.75, 3.05) is 13.6 Å². The largest absolute Gasteiger partial charge is 0.504 e. The summed E-state index contributed by atoms with van der Waals surface area (Å²) < 4.78 is 0. The molecule has 3 heteroatoms. The van der Waals surface area contributed by atoms with E-state index in [1.54, 1.807) is 12.1 Å². The molecule has 0 spiro atoms. The molecule has 0 aromatic heterocycles. The zero-order valence-corrected chi connectivity index (χ0v) is 9.04. The first-order chi connectivity index (χ1) is 6.74. The van der Waals surface area contributed by atoms with Gasteiger partial charge in [0.05, 0.1) is 0 Å². The molecule has 0 atom stereocenters. The van der Waals surface area contributed by atoms with Crippen molar-refractivity contribution in [3.63, 3.8) is 0 Å². The molecule has 1 rings (SSSR count). The Morgan fingerprint density at radius 3 is 2.29 bits per heavy atom. The number of hydrogen-bond acceptors (Lipinski definition) is 3. The van der Waals surface area contributed by atoms with Gasteiger partial charge in [-0.2, -0.15) is 0 Å². The highest BCUT2D eigenvalue weighted by molar-refractivity contribution is 5.40. The number of phenolic OH excluding ortho intramolecular Hbond substituents is 2. The van der Waals surface area contributed by atoms with Gasteiger partial charge < -0.3 is 15.5 Å². The maximum Gasteiger partial charge on any atom is 0.157 e. The van der Waals surface area contributed by atoms with Crippen molar-refractivity contribution in [3.8, 4) is 11.5 Å². The molecule has 80 valence electrons. The van der Waals surface area contributed by atoms with Crippen LogP contribution in [0.1, 0.15) is 19.4 Å². The van der Waals surface area contributed by atoms with Crippen molar-refractivity contribution in [2.45, 2.75) is 20.3 Å². The summed E-state index contributed by atoms with van der Waals surface area (Å²) in [5.41, 5.74) is 1.01. The van der Waals surface area contributed by atoms with Crippen LogP contribution < -0.4 is 5.32 Å². The van der Waals surface area contributed by atoms with Gasteiger partial charge >= 0.3 is 0 Å². The first-order valence-electron chi connectivity index (χ1n) is 4.89. The second-order valence-corrected chi connectivity index (χ2v) is 2.68. The monoisotopic (exact) mass is 197 g/mol. The summed E-state index contributed by atoms with van der Waals surface area (Å²) >= 11 is 0. The van der Waals surface area contributed by atoms with E-state index in [4.69, 9.17) is 10.2 Å². The molecule has 0 amide bonds. The highest BCUT2D eigenvalue weighted by Gasteiger charge is 1.99. The Kier molecular flexibility index (Phi) is 6.58. The first-order valence-corrected chi connectivity index (χ1v) is 4.89. The predicted molar refractivity (Wildman–Crippen MR) is 58.8 cm³/mol. The van der Waals surface area contributed by atoms with Crippen molar-refractivity contribution in [3.05, 3.63) is 23.8 Å². The van der Waals surface area contributed by atoms with Gasteiger partial charge in [-0.05, 0) is 37.7 Å². The number of likely N-dealkylation sites (N-methyl/N-ethyl adjacent to an activating group) is 1. The van der Waals surface area contributed by atoms with Crippen LogP contribution in [0.2, 0.25) is 0 Å². The maximum atomic E-state index is 9.13. The number of hydrogen-bond donors (Lipinski definition) is 3. The van der Waals surface area contributed by atoms with Crippen molar-refractivity contribution < 1.29 is 10.2 Å². The predicted octanol–water partition coefficient (Wildman–Crippen LogP) is 1.89. The van der Waals surface area contributed by atoms with Crippen molar-refractivity contribution >= 4 is 0 Å². The van der Waals surface area contributed by atoms with E-state index in [1.165, 1.54) is 6.07 Å². The highest BCUT2D eigenvalue weighted by atomic mass is 16.3. The molecule has 1 aromatic rings. The Hall–Kier alpha value is -1.22. The minimum atomic E-state index is -0.0665. The molecule has 0 fully saturated rings. The van der Waals surface area contributed by atoms with Crippen LogP contribution in [0.4, 0.5) is 0 Å². The number of rotatable bonds is 3. The Morgan fingerprint density at radius 1 is 1.14 bits per heavy atom. The lowest BCUT2D eigenvalue weighted by Crippen LogP contribution is -2.09. The molecular weight excluding hydrogens is 178 g/mol. The topological polar surface area (TPSA) is 52.5 Å². The third kappa shape index (κ3) is 4.14. The first kappa shape index (κ1) is 12.8. The normalized spacial score (nSPS) is 9.07. The van der Waals surface area contributed by atoms with Gasteiger partial charge in [-0.15, -0.1) is 0 Å². The van der Waals surface area contributed by atoms with Crippen LogP contribution in [-0.4, -0.2) is 23.8 Å². The fourth-order valence-corrected chi connectivity index (χ4v) is 0.994. The SMILES string of the molecule is CC.CNCCc1ccc(O)c(O)c1. The molecule has 0 saturated carbocycles. The van der Waals surface area contributed by atoms with Gasteiger partial charge in [0.2, 0.25) is 0 Å². The van der Waals surface area contributed by atoms with Crippen LogP contribution in [0.5, 0.6) is 11.5 Å². The second kappa shape index (κ2) is 7.21. The van der Waals surface area contributed by atoms with Crippen LogP contribution in [-0.2, 0) is 6.42 Å². The van der Waals surface area contributed by atoms with E-state index in [9.17, 15) is 0 Å². The second-order valence-electron chi connectivity index (χ2n) is 2.68. The van der Waals surface area contributed by atoms with E-state index in [0.29, 0.717) is 0 Å². The zero-order chi connectivity index (χ0) is 11.0. The average molecular weight is 197 g/mol. The Balaban J connectivity index is 0.000000791. The molecule has 1 aromatic carbocycles. The molecule has 0 radical (unpaired) electrons. The summed E-state index contributed by atoms with van der Waals surface area (Å²) in [4.78, 5) is 0. The molecule has 0 saturated heterocycles. The van der Waals surface area contributed by atoms with Gasteiger partial charge in [0.25, 0.3) is 0 Å². The highest BCUT2D eigenvalue weighted by Crippen LogP contribution is 2.24. The standard InChI is InChI=1S/C9H13NO2.C2H6/c1-10-5-4-7-2-3-8(11)9(12)6-7;1-2/h2-3,6,10-12H,4-5H2,1H3;1-2H3. The number of aromatic hydroxyl groups is 2. The summed E-state index contributed by atoms with van der Waals surface area (Å²) in [5.74, 6) is -0.119. The molecule has 14 heavy (non-hydrogen) atoms. The maximum absolute atomic E-state index is 9.13. The molecule has 3 N–H and O–H groups in total. The lowest BCUT2D eigenvalue weighted by molar-refractivity contribution is 0.403. The van der Waals surface area contributed by atoms with E-state index >= 15 is 0 Å². The van der Waals surface area contributed by atoms with E-state index in [0.717, 1.165) is 18.5 Å². The van der Waals surface area contributed by atoms with Gasteiger partial charge in [0.1, 0.15) is 0 Å². The molecule has 0 heterocycles. The van der Waals surface area contributed by atoms with Crippen LogP contribution in [0.25, 0.3) is 0 Å². The minimum absolute atomic E-state index is 0.0522. The molecule has 0 unspecified atom stereocenters. The minimum Gasteiger partial charge on any atom is -0.504 e. The molecule has 0 bridgehead atoms. The van der Waals surface area contributed by atoms with E-state index in [1.807, 2.05) is 20.9 Å². The van der Waals surface area contributed by atoms with Gasteiger partial charge in [0, 0.05) is 0 Å². The summed E-state index contributed by atoms with van der Waals surface area (Å²) in [6, 6.07) is 4.87. The van der Waals surface area contributed by atoms with E-state index < -0.39 is 0 Å². The number of nitrogens with one attached hydrogen (secondary N) is 1. The fourth-order valence-electron chi connectivity index (χ4n) is 0.994. The summed E-state index contributed by atoms with van der Waals surface area (Å²) in [6.45, 7) is 4.87. The lowest BCUT2D eigenvalue weighted by atomic mass is 10.1. The zero-order valence-electron chi connectivity index (χ0n) is 9.04. The molecule has 0 aliphatic heterocycles. The Labute approximate surface area is 85.4 Å². The van der Waals surface area contributed by atoms with Crippen LogP contribution in [0.15, 0.2) is 18.2 Å². The summed E-state index contributed by atoms with van der Waals surface area (Å²) in [6.07, 6.45) is 0.852. The van der Waals surface area contributed by atoms with E-state index in [-0.39, 0.29) is 11.5 Å². The molecule has 0 aliphatic rings. The Bertz CT molecular complexity index is 261. The average Bonchev–Trinajstić information content (AvgIpc) is 2.23. The summed E-state index contributed by atoms with van der Waals surface area (Å²) in [7, 11) is 1.88. The lowest BCUT2D eigenvalue weighted by Gasteiger charge is -2.02. The molecule has 0 aliphatic carbocycles. The van der Waals surface area contributed by atoms with Crippen molar-refractivity contribution in [1.82, 2.24) is 5.32 Å². The third-order valence-electron chi connectivity index (χ3n) is 1.70. The van der Waals surface area contributed by atoms with Crippen LogP contribution >= 0.6 is 0 Å². The third-order valence-corrected chi connectivity index (χ3v) is 1.70. The fraction of sp³-hybridized carbons (Fsp3) is 0.455. The number of phenols is 2. The Morgan fingerprint density at radius 2 is 1.79 bits per heavy atom. The van der Waals surface area contributed by atoms with Crippen LogP contribution in [0, 0.1) is 0 Å². The van der Waals surface area contributed by atoms with Crippen molar-refractivity contribution in [1.29, 1.82) is 0 Å². The van der Waals surface area contributed by atoms with Gasteiger partial charge in [-0.25, -0.2) is 0 Å². The summed E-state index contributed by atoms with van der Waals surface area (Å²) in [5, 5.41) is 21.1. The van der Waals surface area contributed by atoms with Gasteiger partial charge in [-0.3, -0.25) is 0 Å². The smallest absolute Gasteiger partial charge is 0.157 e. The molecular formula is C11H19NO2. The van der Waals surface area contributed by atoms with E-state index in [2.05, 4.69) is 5.32 Å². The van der Waals surface area contributed by atoms with Gasteiger partial charge in [0.15, 0.2) is 11.5 Å². The van der Waals surface area contributed by atoms with Crippen molar-refractivity contribution in [2.24, 2.45) is 0 Å². The van der Waals surface area contributed by atoms with Gasteiger partial charge in [-0.1, -0.05) is 19.9 Å².